The Bertz CT molecular complexity index is 303. The third kappa shape index (κ3) is 18.4. The summed E-state index contributed by atoms with van der Waals surface area (Å²) >= 11 is 0. The third-order valence-electron chi connectivity index (χ3n) is 2.32. The average Bonchev–Trinajstić information content (AvgIpc) is 2.35. The lowest BCUT2D eigenvalue weighted by molar-refractivity contribution is -0.191. The van der Waals surface area contributed by atoms with Crippen molar-refractivity contribution >= 4 is 18.2 Å². The van der Waals surface area contributed by atoms with Crippen molar-refractivity contribution in [2.24, 2.45) is 5.73 Å². The van der Waals surface area contributed by atoms with E-state index in [1.165, 1.54) is 0 Å². The minimum atomic E-state index is -0.845. The maximum Gasteiger partial charge on any atom is 0.373 e. The number of rotatable bonds is 9. The number of carboxylic acid groups (broad SMARTS) is 1. The molecule has 116 valence electrons. The van der Waals surface area contributed by atoms with E-state index in [4.69, 9.17) is 20.4 Å². The van der Waals surface area contributed by atoms with Crippen LogP contribution in [-0.2, 0) is 14.4 Å². The molecule has 0 aromatic heterocycles. The van der Waals surface area contributed by atoms with Crippen LogP contribution < -0.4 is 16.4 Å². The van der Waals surface area contributed by atoms with Crippen LogP contribution in [-0.4, -0.2) is 42.4 Å². The van der Waals surface area contributed by atoms with Gasteiger partial charge < -0.3 is 21.5 Å². The number of aliphatic carboxylic acids is 1. The van der Waals surface area contributed by atoms with Gasteiger partial charge >= 0.3 is 18.2 Å². The molecule has 0 aliphatic heterocycles. The second kappa shape index (κ2) is 15.1. The fraction of sp³-hybridized carbons (Fsp3) is 0.750. The van der Waals surface area contributed by atoms with Crippen LogP contribution in [0, 0.1) is 0 Å². The van der Waals surface area contributed by atoms with Crippen LogP contribution in [0.2, 0.25) is 0 Å². The Morgan fingerprint density at radius 3 is 2.35 bits per heavy atom. The predicted octanol–water partition coefficient (Wildman–Crippen LogP) is 0.0844. The number of hydrogen-bond donors (Lipinski definition) is 4. The Morgan fingerprint density at radius 1 is 1.25 bits per heavy atom. The molecule has 2 amide bonds. The van der Waals surface area contributed by atoms with Gasteiger partial charge in [-0.15, -0.1) is 0 Å². The summed E-state index contributed by atoms with van der Waals surface area (Å²) in [6, 6.07) is -0.128. The monoisotopic (exact) mass is 289 g/mol. The van der Waals surface area contributed by atoms with Crippen LogP contribution in [0.4, 0.5) is 4.79 Å². The zero-order valence-corrected chi connectivity index (χ0v) is 11.7. The van der Waals surface area contributed by atoms with Gasteiger partial charge in [0.25, 0.3) is 0 Å². The molecule has 0 saturated heterocycles. The third-order valence-corrected chi connectivity index (χ3v) is 2.32. The number of carbonyl (C=O) groups is 2. The van der Waals surface area contributed by atoms with Crippen LogP contribution in [0.5, 0.6) is 0 Å². The summed E-state index contributed by atoms with van der Waals surface area (Å²) in [5.74, 6) is -0.845. The first kappa shape index (κ1) is 20.4. The molecule has 0 spiro atoms. The molecule has 1 atom stereocenters. The molecular weight excluding hydrogens is 266 g/mol. The second-order valence-electron chi connectivity index (χ2n) is 4.17. The molecule has 0 aliphatic rings. The lowest BCUT2D eigenvalue weighted by atomic mass is 10.1. The fourth-order valence-electron chi connectivity index (χ4n) is 1.38. The summed E-state index contributed by atoms with van der Waals surface area (Å²) in [4.78, 5) is 37.8. The van der Waals surface area contributed by atoms with E-state index in [0.717, 1.165) is 19.3 Å². The second-order valence-corrected chi connectivity index (χ2v) is 4.17. The summed E-state index contributed by atoms with van der Waals surface area (Å²) in [6.45, 7) is 3.00. The van der Waals surface area contributed by atoms with Gasteiger partial charge in [-0.1, -0.05) is 6.42 Å². The van der Waals surface area contributed by atoms with Gasteiger partial charge in [0.05, 0.1) is 0 Å². The fourth-order valence-corrected chi connectivity index (χ4v) is 1.38. The van der Waals surface area contributed by atoms with Gasteiger partial charge in [0.1, 0.15) is 0 Å². The lowest BCUT2D eigenvalue weighted by Crippen LogP contribution is -2.41. The van der Waals surface area contributed by atoms with E-state index in [0.29, 0.717) is 19.5 Å². The first-order valence-corrected chi connectivity index (χ1v) is 6.43. The Balaban J connectivity index is 0. The highest BCUT2D eigenvalue weighted by atomic mass is 16.4. The Labute approximate surface area is 118 Å². The van der Waals surface area contributed by atoms with Crippen LogP contribution in [0.15, 0.2) is 0 Å². The van der Waals surface area contributed by atoms with Crippen molar-refractivity contribution < 1.29 is 24.3 Å². The topological polar surface area (TPSA) is 139 Å². The van der Waals surface area contributed by atoms with Crippen molar-refractivity contribution in [1.29, 1.82) is 0 Å². The number of nitrogens with one attached hydrogen (secondary N) is 2. The van der Waals surface area contributed by atoms with Gasteiger partial charge in [0.2, 0.25) is 0 Å². The van der Waals surface area contributed by atoms with E-state index in [1.807, 2.05) is 6.92 Å². The normalized spacial score (nSPS) is 10.5. The lowest BCUT2D eigenvalue weighted by Gasteiger charge is -2.14. The number of carbonyl (C=O) groups excluding carboxylic acids is 3. The molecule has 8 nitrogen and oxygen atoms in total. The molecule has 5 N–H and O–H groups in total. The number of unbranched alkanes of at least 4 members (excludes halogenated alkanes) is 1. The molecule has 0 saturated carbocycles. The maximum absolute atomic E-state index is 11.3. The van der Waals surface area contributed by atoms with Crippen molar-refractivity contribution in [2.75, 3.05) is 13.1 Å². The van der Waals surface area contributed by atoms with Gasteiger partial charge in [-0.25, -0.2) is 4.79 Å². The summed E-state index contributed by atoms with van der Waals surface area (Å²) < 4.78 is 0. The average molecular weight is 289 g/mol. The number of carboxylic acids is 1. The molecule has 8 heteroatoms. The zero-order valence-electron chi connectivity index (χ0n) is 11.7. The first-order chi connectivity index (χ1) is 9.47. The summed E-state index contributed by atoms with van der Waals surface area (Å²) in [7, 11) is 0. The first-order valence-electron chi connectivity index (χ1n) is 6.43. The molecule has 0 unspecified atom stereocenters. The van der Waals surface area contributed by atoms with Gasteiger partial charge in [-0.3, -0.25) is 4.79 Å². The Hall–Kier alpha value is -1.92. The van der Waals surface area contributed by atoms with Gasteiger partial charge in [0.15, 0.2) is 0 Å². The highest BCUT2D eigenvalue weighted by Gasteiger charge is 2.06. The number of hydrogen-bond acceptors (Lipinski definition) is 5. The van der Waals surface area contributed by atoms with Crippen molar-refractivity contribution in [3.05, 3.63) is 0 Å². The van der Waals surface area contributed by atoms with Gasteiger partial charge in [-0.05, 0) is 32.7 Å². The summed E-state index contributed by atoms with van der Waals surface area (Å²) in [6.07, 6.45) is 3.64. The molecule has 0 rings (SSSR count). The SMILES string of the molecule is C[C@H](CCCCN)NC(=O)NCCCC(=O)O.O=C=O. The smallest absolute Gasteiger partial charge is 0.373 e. The maximum atomic E-state index is 11.3. The zero-order chi connectivity index (χ0) is 15.8. The van der Waals surface area contributed by atoms with Crippen molar-refractivity contribution in [2.45, 2.75) is 45.1 Å². The van der Waals surface area contributed by atoms with Crippen LogP contribution in [0.1, 0.15) is 39.0 Å². The molecule has 0 aliphatic carbocycles. The van der Waals surface area contributed by atoms with Crippen molar-refractivity contribution in [3.63, 3.8) is 0 Å². The Kier molecular flexibility index (Phi) is 15.4. The largest absolute Gasteiger partial charge is 0.481 e. The number of amides is 2. The quantitative estimate of drug-likeness (QED) is 0.443. The van der Waals surface area contributed by atoms with Crippen molar-refractivity contribution in [3.8, 4) is 0 Å². The number of nitrogens with two attached hydrogens (primary N) is 1. The van der Waals surface area contributed by atoms with Gasteiger partial charge in [0, 0.05) is 19.0 Å². The van der Waals surface area contributed by atoms with E-state index in [9.17, 15) is 9.59 Å². The number of urea groups is 1. The van der Waals surface area contributed by atoms with Crippen LogP contribution in [0.3, 0.4) is 0 Å². The summed E-state index contributed by atoms with van der Waals surface area (Å²) in [5.41, 5.74) is 5.37. The summed E-state index contributed by atoms with van der Waals surface area (Å²) in [5, 5.41) is 13.8. The molecule has 0 aromatic carbocycles. The highest BCUT2D eigenvalue weighted by Crippen LogP contribution is 1.98. The van der Waals surface area contributed by atoms with E-state index in [2.05, 4.69) is 10.6 Å². The molecule has 0 radical (unpaired) electrons. The van der Waals surface area contributed by atoms with E-state index in [-0.39, 0.29) is 24.6 Å². The molecule has 0 bridgehead atoms. The van der Waals surface area contributed by atoms with Gasteiger partial charge in [-0.2, -0.15) is 9.59 Å². The Morgan fingerprint density at radius 2 is 1.85 bits per heavy atom. The standard InChI is InChI=1S/C11H23N3O3.CO2/c1-9(5-2-3-7-12)14-11(17)13-8-4-6-10(15)16;2-1-3/h9H,2-8,12H2,1H3,(H,15,16)(H2,13,14,17);/t9-;/m1./s1. The predicted molar refractivity (Wildman–Crippen MR) is 70.8 cm³/mol. The molecular formula is C12H23N3O5. The minimum absolute atomic E-state index is 0.0757. The molecule has 0 fully saturated rings. The van der Waals surface area contributed by atoms with Crippen LogP contribution >= 0.6 is 0 Å². The van der Waals surface area contributed by atoms with Crippen LogP contribution in [0.25, 0.3) is 0 Å². The van der Waals surface area contributed by atoms with E-state index < -0.39 is 5.97 Å². The van der Waals surface area contributed by atoms with E-state index >= 15 is 0 Å². The van der Waals surface area contributed by atoms with E-state index in [1.54, 1.807) is 0 Å². The van der Waals surface area contributed by atoms with Crippen molar-refractivity contribution in [1.82, 2.24) is 10.6 Å². The minimum Gasteiger partial charge on any atom is -0.481 e. The molecule has 20 heavy (non-hydrogen) atoms. The molecule has 0 aromatic rings. The molecule has 0 heterocycles. The highest BCUT2D eigenvalue weighted by molar-refractivity contribution is 5.74.